The van der Waals surface area contributed by atoms with Gasteiger partial charge in [0, 0.05) is 6.07 Å². The number of hydrogen-bond acceptors (Lipinski definition) is 3. The Balaban J connectivity index is 2.66. The van der Waals surface area contributed by atoms with E-state index in [0.717, 1.165) is 5.56 Å². The fourth-order valence-electron chi connectivity index (χ4n) is 1.63. The first-order valence-corrected chi connectivity index (χ1v) is 5.86. The van der Waals surface area contributed by atoms with E-state index in [4.69, 9.17) is 9.63 Å². The Morgan fingerprint density at radius 3 is 2.67 bits per heavy atom. The molecule has 1 heterocycles. The average Bonchev–Trinajstić information content (AvgIpc) is 2.76. The first kappa shape index (κ1) is 12.8. The number of carboxylic acid groups (broad SMARTS) is 1. The third kappa shape index (κ3) is 2.03. The maximum atomic E-state index is 14.1. The minimum Gasteiger partial charge on any atom is -0.476 e. The van der Waals surface area contributed by atoms with Crippen LogP contribution >= 0.6 is 15.9 Å². The van der Waals surface area contributed by atoms with Crippen LogP contribution in [-0.2, 0) is 0 Å². The number of aromatic carboxylic acids is 1. The maximum Gasteiger partial charge on any atom is 0.358 e. The molecule has 94 valence electrons. The summed E-state index contributed by atoms with van der Waals surface area (Å²) in [4.78, 5) is 10.7. The molecule has 1 aromatic heterocycles. The zero-order valence-electron chi connectivity index (χ0n) is 9.62. The molecule has 0 fully saturated rings. The van der Waals surface area contributed by atoms with Crippen LogP contribution in [0.15, 0.2) is 21.1 Å². The fraction of sp³-hybridized carbons (Fsp3) is 0.167. The van der Waals surface area contributed by atoms with Crippen molar-refractivity contribution in [1.82, 2.24) is 5.16 Å². The van der Waals surface area contributed by atoms with Gasteiger partial charge in [-0.25, -0.2) is 9.18 Å². The van der Waals surface area contributed by atoms with E-state index in [1.54, 1.807) is 13.0 Å². The molecule has 0 unspecified atom stereocenters. The van der Waals surface area contributed by atoms with E-state index >= 15 is 0 Å². The summed E-state index contributed by atoms with van der Waals surface area (Å²) >= 11 is 3.11. The summed E-state index contributed by atoms with van der Waals surface area (Å²) in [5.74, 6) is -1.60. The van der Waals surface area contributed by atoms with Gasteiger partial charge in [0.05, 0.1) is 10.0 Å². The molecular weight excluding hydrogens is 305 g/mol. The van der Waals surface area contributed by atoms with Crippen LogP contribution in [0.2, 0.25) is 0 Å². The van der Waals surface area contributed by atoms with Gasteiger partial charge in [0.2, 0.25) is 0 Å². The minimum atomic E-state index is -1.21. The van der Waals surface area contributed by atoms with Crippen molar-refractivity contribution in [3.8, 4) is 11.3 Å². The zero-order valence-corrected chi connectivity index (χ0v) is 11.2. The summed E-state index contributed by atoms with van der Waals surface area (Å²) in [7, 11) is 0. The van der Waals surface area contributed by atoms with E-state index in [9.17, 15) is 9.18 Å². The summed E-state index contributed by atoms with van der Waals surface area (Å²) in [6, 6.07) is 2.86. The van der Waals surface area contributed by atoms with Gasteiger partial charge in [-0.3, -0.25) is 0 Å². The van der Waals surface area contributed by atoms with E-state index in [0.29, 0.717) is 10.0 Å². The molecule has 0 saturated heterocycles. The molecule has 2 aromatic rings. The Kier molecular flexibility index (Phi) is 3.21. The van der Waals surface area contributed by atoms with Crippen molar-refractivity contribution in [3.63, 3.8) is 0 Å². The van der Waals surface area contributed by atoms with Crippen LogP contribution in [0.3, 0.4) is 0 Å². The number of carbonyl (C=O) groups is 1. The molecule has 6 heteroatoms. The Hall–Kier alpha value is -1.69. The number of aryl methyl sites for hydroxylation is 1. The molecule has 1 N–H and O–H groups in total. The number of hydrogen-bond donors (Lipinski definition) is 1. The number of halogens is 2. The van der Waals surface area contributed by atoms with Crippen LogP contribution in [0, 0.1) is 19.7 Å². The van der Waals surface area contributed by atoms with Gasteiger partial charge in [-0.1, -0.05) is 5.16 Å². The Morgan fingerprint density at radius 2 is 2.11 bits per heavy atom. The summed E-state index contributed by atoms with van der Waals surface area (Å²) in [6.45, 7) is 3.57. The Morgan fingerprint density at radius 1 is 1.44 bits per heavy atom. The highest BCUT2D eigenvalue weighted by atomic mass is 79.9. The average molecular weight is 314 g/mol. The van der Waals surface area contributed by atoms with Crippen LogP contribution in [0.5, 0.6) is 0 Å². The first-order valence-electron chi connectivity index (χ1n) is 5.07. The second kappa shape index (κ2) is 4.53. The second-order valence-electron chi connectivity index (χ2n) is 3.87. The van der Waals surface area contributed by atoms with E-state index in [1.165, 1.54) is 6.07 Å². The highest BCUT2D eigenvalue weighted by Gasteiger charge is 2.20. The van der Waals surface area contributed by atoms with E-state index < -0.39 is 11.8 Å². The van der Waals surface area contributed by atoms with Crippen LogP contribution in [-0.4, -0.2) is 16.2 Å². The van der Waals surface area contributed by atoms with Crippen molar-refractivity contribution in [2.75, 3.05) is 0 Å². The number of carboxylic acids is 1. The molecule has 0 saturated carbocycles. The molecule has 2 rings (SSSR count). The molecule has 0 aliphatic carbocycles. The number of rotatable bonds is 2. The zero-order chi connectivity index (χ0) is 13.4. The van der Waals surface area contributed by atoms with Crippen LogP contribution in [0.4, 0.5) is 4.39 Å². The van der Waals surface area contributed by atoms with Crippen molar-refractivity contribution < 1.29 is 18.8 Å². The summed E-state index contributed by atoms with van der Waals surface area (Å²) in [5.41, 5.74) is 1.53. The fourth-order valence-corrected chi connectivity index (χ4v) is 2.17. The van der Waals surface area contributed by atoms with Crippen molar-refractivity contribution >= 4 is 21.9 Å². The van der Waals surface area contributed by atoms with Gasteiger partial charge in [-0.2, -0.15) is 0 Å². The quantitative estimate of drug-likeness (QED) is 0.920. The highest BCUT2D eigenvalue weighted by Crippen LogP contribution is 2.33. The lowest BCUT2D eigenvalue weighted by molar-refractivity contribution is 0.0686. The molecule has 0 bridgehead atoms. The van der Waals surface area contributed by atoms with Gasteiger partial charge < -0.3 is 9.63 Å². The summed E-state index contributed by atoms with van der Waals surface area (Å²) in [5, 5.41) is 12.1. The summed E-state index contributed by atoms with van der Waals surface area (Å²) in [6.07, 6.45) is 0. The lowest BCUT2D eigenvalue weighted by Crippen LogP contribution is -1.95. The normalized spacial score (nSPS) is 10.7. The standard InChI is InChI=1S/C12H9BrFNO3/c1-5-3-7(13)11(14)10(6(5)2)9-4-8(12(16)17)15-18-9/h3-4H,1-2H3,(H,16,17). The van der Waals surface area contributed by atoms with E-state index in [2.05, 4.69) is 21.1 Å². The predicted octanol–water partition coefficient (Wildman–Crippen LogP) is 3.56. The van der Waals surface area contributed by atoms with Gasteiger partial charge in [0.1, 0.15) is 5.82 Å². The SMILES string of the molecule is Cc1cc(Br)c(F)c(-c2cc(C(=O)O)no2)c1C. The van der Waals surface area contributed by atoms with Gasteiger partial charge in [-0.15, -0.1) is 0 Å². The topological polar surface area (TPSA) is 63.3 Å². The van der Waals surface area contributed by atoms with Gasteiger partial charge in [-0.05, 0) is 47.0 Å². The minimum absolute atomic E-state index is 0.104. The van der Waals surface area contributed by atoms with Crippen molar-refractivity contribution in [2.45, 2.75) is 13.8 Å². The molecular formula is C12H9BrFNO3. The smallest absolute Gasteiger partial charge is 0.358 e. The molecule has 0 aliphatic rings. The Labute approximate surface area is 111 Å². The lowest BCUT2D eigenvalue weighted by atomic mass is 10.0. The molecule has 4 nitrogen and oxygen atoms in total. The van der Waals surface area contributed by atoms with Crippen molar-refractivity contribution in [3.05, 3.63) is 39.2 Å². The predicted molar refractivity (Wildman–Crippen MR) is 66.0 cm³/mol. The maximum absolute atomic E-state index is 14.1. The van der Waals surface area contributed by atoms with Crippen molar-refractivity contribution in [2.24, 2.45) is 0 Å². The molecule has 0 amide bonds. The molecule has 18 heavy (non-hydrogen) atoms. The number of aromatic nitrogens is 1. The largest absolute Gasteiger partial charge is 0.476 e. The third-order valence-electron chi connectivity index (χ3n) is 2.71. The van der Waals surface area contributed by atoms with Gasteiger partial charge >= 0.3 is 5.97 Å². The lowest BCUT2D eigenvalue weighted by Gasteiger charge is -2.08. The molecule has 0 atom stereocenters. The number of benzene rings is 1. The third-order valence-corrected chi connectivity index (χ3v) is 3.29. The second-order valence-corrected chi connectivity index (χ2v) is 4.73. The van der Waals surface area contributed by atoms with Crippen molar-refractivity contribution in [1.29, 1.82) is 0 Å². The van der Waals surface area contributed by atoms with Crippen LogP contribution in [0.1, 0.15) is 21.6 Å². The molecule has 0 aliphatic heterocycles. The van der Waals surface area contributed by atoms with Crippen LogP contribution in [0.25, 0.3) is 11.3 Å². The van der Waals surface area contributed by atoms with Gasteiger partial charge in [0.25, 0.3) is 0 Å². The molecule has 1 aromatic carbocycles. The molecule has 0 spiro atoms. The van der Waals surface area contributed by atoms with E-state index in [-0.39, 0.29) is 17.0 Å². The molecule has 0 radical (unpaired) electrons. The first-order chi connectivity index (χ1) is 8.41. The summed E-state index contributed by atoms with van der Waals surface area (Å²) < 4.78 is 19.2. The highest BCUT2D eigenvalue weighted by molar-refractivity contribution is 9.10. The monoisotopic (exact) mass is 313 g/mol. The van der Waals surface area contributed by atoms with E-state index in [1.807, 2.05) is 6.92 Å². The number of nitrogens with zero attached hydrogens (tertiary/aromatic N) is 1. The van der Waals surface area contributed by atoms with Crippen LogP contribution < -0.4 is 0 Å². The Bertz CT molecular complexity index is 610. The van der Waals surface area contributed by atoms with Gasteiger partial charge in [0.15, 0.2) is 11.5 Å².